The molecule has 3 nitrogen and oxygen atoms in total. The average molecular weight is 296 g/mol. The molecular formula is C19H20O3. The van der Waals surface area contributed by atoms with Crippen molar-refractivity contribution in [1.29, 1.82) is 0 Å². The van der Waals surface area contributed by atoms with Crippen molar-refractivity contribution in [3.05, 3.63) is 71.3 Å². The lowest BCUT2D eigenvalue weighted by molar-refractivity contribution is -0.137. The maximum Gasteiger partial charge on any atom is 0.330 e. The van der Waals surface area contributed by atoms with Crippen LogP contribution in [-0.2, 0) is 16.1 Å². The van der Waals surface area contributed by atoms with Crippen LogP contribution >= 0.6 is 0 Å². The fourth-order valence-corrected chi connectivity index (χ4v) is 1.99. The summed E-state index contributed by atoms with van der Waals surface area (Å²) in [7, 11) is 0. The molecule has 2 aromatic rings. The monoisotopic (exact) mass is 296 g/mol. The van der Waals surface area contributed by atoms with Crippen LogP contribution in [0.2, 0.25) is 0 Å². The van der Waals surface area contributed by atoms with E-state index in [1.54, 1.807) is 13.0 Å². The van der Waals surface area contributed by atoms with Gasteiger partial charge in [-0.3, -0.25) is 0 Å². The first kappa shape index (κ1) is 15.8. The summed E-state index contributed by atoms with van der Waals surface area (Å²) < 4.78 is 10.8. The van der Waals surface area contributed by atoms with E-state index in [1.807, 2.05) is 55.5 Å². The summed E-state index contributed by atoms with van der Waals surface area (Å²) >= 11 is 0. The number of hydrogen-bond donors (Lipinski definition) is 0. The molecule has 0 spiro atoms. The second-order valence-corrected chi connectivity index (χ2v) is 4.90. The third-order valence-electron chi connectivity index (χ3n) is 3.09. The fraction of sp³-hybridized carbons (Fsp3) is 0.211. The van der Waals surface area contributed by atoms with E-state index in [1.165, 1.54) is 6.08 Å². The zero-order valence-corrected chi connectivity index (χ0v) is 12.9. The Balaban J connectivity index is 2.12. The summed E-state index contributed by atoms with van der Waals surface area (Å²) in [5, 5.41) is 0. The molecule has 0 unspecified atom stereocenters. The van der Waals surface area contributed by atoms with Crippen LogP contribution in [0.4, 0.5) is 0 Å². The molecule has 0 heterocycles. The summed E-state index contributed by atoms with van der Waals surface area (Å²) in [6, 6.07) is 15.9. The van der Waals surface area contributed by atoms with Crippen LogP contribution in [0, 0.1) is 6.92 Å². The van der Waals surface area contributed by atoms with E-state index < -0.39 is 0 Å². The highest BCUT2D eigenvalue weighted by Gasteiger charge is 2.03. The Morgan fingerprint density at radius 2 is 1.91 bits per heavy atom. The summed E-state index contributed by atoms with van der Waals surface area (Å²) in [5.41, 5.74) is 3.07. The van der Waals surface area contributed by atoms with Gasteiger partial charge in [0.15, 0.2) is 0 Å². The summed E-state index contributed by atoms with van der Waals surface area (Å²) in [5.74, 6) is 0.404. The zero-order chi connectivity index (χ0) is 15.8. The maximum absolute atomic E-state index is 11.4. The Bertz CT molecular complexity index is 645. The first-order valence-electron chi connectivity index (χ1n) is 7.31. The molecule has 2 aromatic carbocycles. The van der Waals surface area contributed by atoms with Gasteiger partial charge in [0.25, 0.3) is 0 Å². The molecule has 0 aromatic heterocycles. The van der Waals surface area contributed by atoms with Gasteiger partial charge in [0, 0.05) is 11.6 Å². The molecular weight excluding hydrogens is 276 g/mol. The van der Waals surface area contributed by atoms with Gasteiger partial charge < -0.3 is 9.47 Å². The van der Waals surface area contributed by atoms with Crippen LogP contribution in [0.1, 0.15) is 23.6 Å². The Morgan fingerprint density at radius 3 is 2.64 bits per heavy atom. The van der Waals surface area contributed by atoms with Gasteiger partial charge in [-0.25, -0.2) is 4.79 Å². The standard InChI is InChI=1S/C19H20O3/c1-3-21-19(20)12-11-17-10-9-15(2)13-18(17)22-14-16-7-5-4-6-8-16/h4-13H,3,14H2,1-2H3/b12-11+. The smallest absolute Gasteiger partial charge is 0.330 e. The average Bonchev–Trinajstić information content (AvgIpc) is 2.53. The Kier molecular flexibility index (Phi) is 5.78. The van der Waals surface area contributed by atoms with Crippen molar-refractivity contribution in [3.8, 4) is 5.75 Å². The van der Waals surface area contributed by atoms with Crippen molar-refractivity contribution in [1.82, 2.24) is 0 Å². The molecule has 0 fully saturated rings. The van der Waals surface area contributed by atoms with Crippen molar-refractivity contribution in [2.75, 3.05) is 6.61 Å². The zero-order valence-electron chi connectivity index (χ0n) is 12.9. The SMILES string of the molecule is CCOC(=O)/C=C/c1ccc(C)cc1OCc1ccccc1. The molecule has 0 amide bonds. The van der Waals surface area contributed by atoms with Gasteiger partial charge in [0.05, 0.1) is 6.61 Å². The summed E-state index contributed by atoms with van der Waals surface area (Å²) in [4.78, 5) is 11.4. The van der Waals surface area contributed by atoms with Crippen LogP contribution in [0.25, 0.3) is 6.08 Å². The minimum atomic E-state index is -0.350. The van der Waals surface area contributed by atoms with E-state index in [2.05, 4.69) is 0 Å². The molecule has 0 aliphatic carbocycles. The fourth-order valence-electron chi connectivity index (χ4n) is 1.99. The van der Waals surface area contributed by atoms with Gasteiger partial charge in [-0.05, 0) is 37.1 Å². The van der Waals surface area contributed by atoms with E-state index in [9.17, 15) is 4.79 Å². The highest BCUT2D eigenvalue weighted by atomic mass is 16.5. The van der Waals surface area contributed by atoms with Gasteiger partial charge in [0.2, 0.25) is 0 Å². The molecule has 0 bridgehead atoms. The Labute approximate surface area is 131 Å². The van der Waals surface area contributed by atoms with Gasteiger partial charge in [0.1, 0.15) is 12.4 Å². The normalized spacial score (nSPS) is 10.6. The van der Waals surface area contributed by atoms with Crippen LogP contribution < -0.4 is 4.74 Å². The van der Waals surface area contributed by atoms with Gasteiger partial charge in [-0.15, -0.1) is 0 Å². The first-order valence-corrected chi connectivity index (χ1v) is 7.31. The second-order valence-electron chi connectivity index (χ2n) is 4.90. The number of aryl methyl sites for hydroxylation is 1. The molecule has 0 saturated heterocycles. The molecule has 22 heavy (non-hydrogen) atoms. The van der Waals surface area contributed by atoms with Crippen LogP contribution in [0.3, 0.4) is 0 Å². The molecule has 0 aliphatic rings. The summed E-state index contributed by atoms with van der Waals surface area (Å²) in [6.45, 7) is 4.65. The van der Waals surface area contributed by atoms with Crippen molar-refractivity contribution in [2.45, 2.75) is 20.5 Å². The number of benzene rings is 2. The number of carbonyl (C=O) groups is 1. The third kappa shape index (κ3) is 4.77. The lowest BCUT2D eigenvalue weighted by Crippen LogP contribution is -2.00. The lowest BCUT2D eigenvalue weighted by Gasteiger charge is -2.10. The van der Waals surface area contributed by atoms with E-state index in [4.69, 9.17) is 9.47 Å². The number of ether oxygens (including phenoxy) is 2. The second kappa shape index (κ2) is 8.03. The van der Waals surface area contributed by atoms with Crippen LogP contribution in [0.15, 0.2) is 54.6 Å². The number of rotatable bonds is 6. The van der Waals surface area contributed by atoms with Gasteiger partial charge >= 0.3 is 5.97 Å². The molecule has 0 N–H and O–H groups in total. The topological polar surface area (TPSA) is 35.5 Å². The predicted octanol–water partition coefficient (Wildman–Crippen LogP) is 4.15. The highest BCUT2D eigenvalue weighted by molar-refractivity contribution is 5.87. The maximum atomic E-state index is 11.4. The molecule has 0 aliphatic heterocycles. The largest absolute Gasteiger partial charge is 0.488 e. The van der Waals surface area contributed by atoms with Crippen molar-refractivity contribution in [3.63, 3.8) is 0 Å². The third-order valence-corrected chi connectivity index (χ3v) is 3.09. The predicted molar refractivity (Wildman–Crippen MR) is 87.6 cm³/mol. The Hall–Kier alpha value is -2.55. The molecule has 114 valence electrons. The minimum absolute atomic E-state index is 0.350. The lowest BCUT2D eigenvalue weighted by atomic mass is 10.1. The van der Waals surface area contributed by atoms with Crippen LogP contribution in [-0.4, -0.2) is 12.6 Å². The first-order chi connectivity index (χ1) is 10.7. The highest BCUT2D eigenvalue weighted by Crippen LogP contribution is 2.23. The number of hydrogen-bond acceptors (Lipinski definition) is 3. The number of carbonyl (C=O) groups excluding carboxylic acids is 1. The Morgan fingerprint density at radius 1 is 1.14 bits per heavy atom. The van der Waals surface area contributed by atoms with Crippen LogP contribution in [0.5, 0.6) is 5.75 Å². The van der Waals surface area contributed by atoms with Gasteiger partial charge in [-0.2, -0.15) is 0 Å². The van der Waals surface area contributed by atoms with Crippen molar-refractivity contribution in [2.24, 2.45) is 0 Å². The van der Waals surface area contributed by atoms with E-state index >= 15 is 0 Å². The quantitative estimate of drug-likeness (QED) is 0.593. The molecule has 0 atom stereocenters. The molecule has 0 saturated carbocycles. The van der Waals surface area contributed by atoms with E-state index in [0.29, 0.717) is 13.2 Å². The van der Waals surface area contributed by atoms with Crippen molar-refractivity contribution < 1.29 is 14.3 Å². The van der Waals surface area contributed by atoms with E-state index in [-0.39, 0.29) is 5.97 Å². The molecule has 0 radical (unpaired) electrons. The molecule has 3 heteroatoms. The minimum Gasteiger partial charge on any atom is -0.488 e. The van der Waals surface area contributed by atoms with Crippen molar-refractivity contribution >= 4 is 12.0 Å². The van der Waals surface area contributed by atoms with Gasteiger partial charge in [-0.1, -0.05) is 42.5 Å². The number of esters is 1. The van der Waals surface area contributed by atoms with E-state index in [0.717, 1.165) is 22.4 Å². The summed E-state index contributed by atoms with van der Waals surface area (Å²) in [6.07, 6.45) is 3.14. The molecule has 2 rings (SSSR count).